The van der Waals surface area contributed by atoms with Gasteiger partial charge in [-0.25, -0.2) is 4.98 Å². The van der Waals surface area contributed by atoms with Gasteiger partial charge in [-0.3, -0.25) is 29.9 Å². The van der Waals surface area contributed by atoms with Crippen LogP contribution in [0, 0.1) is 36.5 Å². The summed E-state index contributed by atoms with van der Waals surface area (Å²) in [5, 5.41) is 48.2. The number of aromatic hydroxyl groups is 1. The Balaban J connectivity index is 1.51. The number of amides is 1. The largest absolute Gasteiger partial charge is 0.507 e. The van der Waals surface area contributed by atoms with Crippen LogP contribution < -0.4 is 36.5 Å². The third kappa shape index (κ3) is 8.41. The average molecular weight is 899 g/mol. The van der Waals surface area contributed by atoms with Gasteiger partial charge in [0.05, 0.1) is 35.2 Å². The number of anilines is 2. The van der Waals surface area contributed by atoms with Gasteiger partial charge >= 0.3 is 5.97 Å². The molecule has 3 aliphatic rings. The number of phenolic OH excluding ortho intramolecular Hbond substituents is 1. The van der Waals surface area contributed by atoms with E-state index in [9.17, 15) is 39.7 Å². The highest BCUT2D eigenvalue weighted by Gasteiger charge is 2.44. The van der Waals surface area contributed by atoms with E-state index in [1.54, 1.807) is 45.9 Å². The highest BCUT2D eigenvalue weighted by Crippen LogP contribution is 2.42. The molecule has 3 aromatic carbocycles. The number of hydroxylamine groups is 1. The van der Waals surface area contributed by atoms with E-state index < -0.39 is 82.4 Å². The van der Waals surface area contributed by atoms with Crippen molar-refractivity contribution in [1.82, 2.24) is 10.5 Å². The topological polar surface area (TPSA) is 239 Å². The summed E-state index contributed by atoms with van der Waals surface area (Å²) in [6.45, 7) is 16.2. The lowest BCUT2D eigenvalue weighted by Gasteiger charge is -2.38. The molecule has 17 heteroatoms. The molecule has 65 heavy (non-hydrogen) atoms. The number of hydrogen-bond acceptors (Lipinski definition) is 16. The third-order valence-electron chi connectivity index (χ3n) is 13.4. The fraction of sp³-hybridized carbons (Fsp3) is 0.479. The minimum atomic E-state index is -1.88. The van der Waals surface area contributed by atoms with Gasteiger partial charge in [0.15, 0.2) is 16.7 Å². The minimum absolute atomic E-state index is 0.00121. The van der Waals surface area contributed by atoms with E-state index in [1.807, 2.05) is 0 Å². The van der Waals surface area contributed by atoms with E-state index in [2.05, 4.69) is 22.6 Å². The van der Waals surface area contributed by atoms with E-state index in [1.165, 1.54) is 59.3 Å². The zero-order chi connectivity index (χ0) is 47.4. The van der Waals surface area contributed by atoms with Crippen LogP contribution in [0.5, 0.6) is 11.5 Å². The number of benzene rings is 3. The maximum atomic E-state index is 14.9. The van der Waals surface area contributed by atoms with Crippen LogP contribution in [0.25, 0.3) is 38.7 Å². The molecule has 0 aliphatic carbocycles. The average Bonchev–Trinajstić information content (AvgIpc) is 3.84. The summed E-state index contributed by atoms with van der Waals surface area (Å²) in [5.41, 5.74) is 0.802. The molecule has 0 radical (unpaired) electrons. The first kappa shape index (κ1) is 47.0. The number of aliphatic hydroxyl groups is 2. The smallest absolute Gasteiger partial charge is 0.302 e. The second-order valence-electron chi connectivity index (χ2n) is 18.0. The molecule has 4 heterocycles. The van der Waals surface area contributed by atoms with Gasteiger partial charge < -0.3 is 48.9 Å². The van der Waals surface area contributed by atoms with Crippen molar-refractivity contribution in [3.8, 4) is 11.5 Å². The molecule has 1 amide bonds. The summed E-state index contributed by atoms with van der Waals surface area (Å²) in [4.78, 5) is 62.1. The Labute approximate surface area is 374 Å². The highest BCUT2D eigenvalue weighted by atomic mass is 16.7. The lowest BCUT2D eigenvalue weighted by atomic mass is 9.78. The number of carbonyl (C=O) groups is 2. The molecular formula is C48H58N4O13. The van der Waals surface area contributed by atoms with Crippen LogP contribution in [0.2, 0.25) is 0 Å². The van der Waals surface area contributed by atoms with Crippen LogP contribution in [0.4, 0.5) is 11.4 Å². The van der Waals surface area contributed by atoms with Gasteiger partial charge in [0.2, 0.25) is 10.9 Å². The van der Waals surface area contributed by atoms with Gasteiger partial charge in [-0.1, -0.05) is 52.8 Å². The van der Waals surface area contributed by atoms with E-state index in [4.69, 9.17) is 28.3 Å². The van der Waals surface area contributed by atoms with Crippen LogP contribution in [0.15, 0.2) is 62.3 Å². The van der Waals surface area contributed by atoms with Crippen molar-refractivity contribution in [3.63, 3.8) is 0 Å². The van der Waals surface area contributed by atoms with Crippen LogP contribution in [-0.4, -0.2) is 87.8 Å². The van der Waals surface area contributed by atoms with Gasteiger partial charge in [-0.15, -0.1) is 0 Å². The number of rotatable bonds is 4. The first-order valence-electron chi connectivity index (χ1n) is 21.8. The molecule has 10 atom stereocenters. The molecule has 1 saturated heterocycles. The number of nitrogens with one attached hydrogen (secondary N) is 2. The molecule has 0 spiro atoms. The molecule has 348 valence electrons. The molecule has 6 N–H and O–H groups in total. The molecule has 3 aliphatic heterocycles. The number of fused-ring (bicyclic) bond motifs is 2. The Morgan fingerprint density at radius 2 is 1.72 bits per heavy atom. The van der Waals surface area contributed by atoms with Gasteiger partial charge in [-0.2, -0.15) is 0 Å². The lowest BCUT2D eigenvalue weighted by Crippen LogP contribution is -2.46. The number of aromatic nitrogens is 1. The van der Waals surface area contributed by atoms with Crippen LogP contribution in [0.1, 0.15) is 67.4 Å². The fourth-order valence-electron chi connectivity index (χ4n) is 9.40. The van der Waals surface area contributed by atoms with Gasteiger partial charge in [0.1, 0.15) is 34.5 Å². The molecule has 0 saturated carbocycles. The summed E-state index contributed by atoms with van der Waals surface area (Å²) in [6.07, 6.45) is 4.53. The predicted octanol–water partition coefficient (Wildman–Crippen LogP) is 4.83. The zero-order valence-electron chi connectivity index (χ0n) is 38.2. The normalized spacial score (nSPS) is 30.8. The van der Waals surface area contributed by atoms with Gasteiger partial charge in [0.25, 0.3) is 11.7 Å². The summed E-state index contributed by atoms with van der Waals surface area (Å²) >= 11 is 0. The van der Waals surface area contributed by atoms with Crippen molar-refractivity contribution in [2.24, 2.45) is 29.6 Å². The van der Waals surface area contributed by atoms with Crippen molar-refractivity contribution < 1.29 is 53.5 Å². The number of esters is 1. The Bertz CT molecular complexity index is 2840. The Hall–Kier alpha value is -6.01. The summed E-state index contributed by atoms with van der Waals surface area (Å²) in [7, 11) is 1.45. The number of ether oxygens (including phenoxy) is 4. The van der Waals surface area contributed by atoms with E-state index in [0.717, 1.165) is 13.0 Å². The summed E-state index contributed by atoms with van der Waals surface area (Å²) < 4.78 is 30.7. The molecule has 4 aromatic rings. The second kappa shape index (κ2) is 18.1. The fourth-order valence-corrected chi connectivity index (χ4v) is 9.40. The van der Waals surface area contributed by atoms with Crippen LogP contribution >= 0.6 is 0 Å². The van der Waals surface area contributed by atoms with Crippen LogP contribution in [0.3, 0.4) is 0 Å². The number of methoxy groups -OCH3 is 1. The number of hydrogen-bond donors (Lipinski definition) is 6. The van der Waals surface area contributed by atoms with Gasteiger partial charge in [-0.05, 0) is 32.3 Å². The minimum Gasteiger partial charge on any atom is -0.507 e. The number of nitrogens with zero attached hydrogens (tertiary/aromatic N) is 2. The third-order valence-corrected chi connectivity index (χ3v) is 13.4. The lowest BCUT2D eigenvalue weighted by molar-refractivity contribution is -0.160. The summed E-state index contributed by atoms with van der Waals surface area (Å²) in [6, 6.07) is 3.14. The number of carbonyl (C=O) groups excluding carboxylic acids is 2. The van der Waals surface area contributed by atoms with Crippen molar-refractivity contribution in [1.29, 1.82) is 0 Å². The Morgan fingerprint density at radius 3 is 2.37 bits per heavy atom. The van der Waals surface area contributed by atoms with Crippen molar-refractivity contribution >= 4 is 61.9 Å². The maximum absolute atomic E-state index is 14.9. The van der Waals surface area contributed by atoms with E-state index in [0.29, 0.717) is 18.2 Å². The SMILES string of the molecule is CO[C@H]1/C=C/O[C@@]2(C)Oc3c(C)c(O)c4c(=O)c(c5oc6cc(N7CC[C@@H](C)C7)cc(=O)c6nc5c4c3=C2NO)NC(=O)/C(C)=C\C=C\[C@H](C)[C@H](O)[C@@H](C)[C@@H](O)[C@@H](C)[C@H](OC(C)=O)[C@@H]1C. The number of phenols is 1. The van der Waals surface area contributed by atoms with Crippen molar-refractivity contribution in [2.45, 2.75) is 98.9 Å². The van der Waals surface area contributed by atoms with Crippen LogP contribution in [-0.2, 0) is 23.8 Å². The quantitative estimate of drug-likeness (QED) is 0.0696. The first-order valence-corrected chi connectivity index (χ1v) is 21.8. The molecule has 4 bridgehead atoms. The Morgan fingerprint density at radius 1 is 1.00 bits per heavy atom. The van der Waals surface area contributed by atoms with E-state index in [-0.39, 0.29) is 66.5 Å². The second-order valence-corrected chi connectivity index (χ2v) is 18.0. The molecule has 7 rings (SSSR count). The monoisotopic (exact) mass is 898 g/mol. The molecule has 1 fully saturated rings. The highest BCUT2D eigenvalue weighted by molar-refractivity contribution is 6.17. The van der Waals surface area contributed by atoms with Gasteiger partial charge in [0, 0.05) is 92.1 Å². The molecule has 0 unspecified atom stereocenters. The first-order chi connectivity index (χ1) is 30.7. The molecular weight excluding hydrogens is 841 g/mol. The maximum Gasteiger partial charge on any atom is 0.302 e. The molecule has 17 nitrogen and oxygen atoms in total. The number of aliphatic hydroxyl groups excluding tert-OH is 2. The Kier molecular flexibility index (Phi) is 13.1. The predicted molar refractivity (Wildman–Crippen MR) is 243 cm³/mol. The zero-order valence-corrected chi connectivity index (χ0v) is 38.2. The number of allylic oxidation sites excluding steroid dienone is 2. The van der Waals surface area contributed by atoms with Crippen molar-refractivity contribution in [2.75, 3.05) is 30.4 Å². The summed E-state index contributed by atoms with van der Waals surface area (Å²) in [5.74, 6) is -5.85. The molecule has 1 aromatic heterocycles. The van der Waals surface area contributed by atoms with E-state index >= 15 is 0 Å². The standard InChI is InChI=1S/C48H58N4O13/c1-21-14-16-52(20-21)29-18-30(54)36-32(19-29)64-45-37(49-36)33-34-41(57)27(7)44-35(33)46(51-60)48(9,65-44)62-17-15-31(61-10)24(4)43(63-28(8)53)26(6)40(56)25(5)39(55)22(2)12-11-13-23(3)47(59)50-38(45)42(34)58/h11-13,15,17-19,21-22,24-26,31,39-40,43,51,55-57,60H,14,16,20H2,1-10H3,(H,50,59)/b12-11+,17-15+,23-13-/t21-,22+,24-,25-,26-,31+,39+,40-,43-,48+/m1/s1. The van der Waals surface area contributed by atoms with Crippen molar-refractivity contribution in [3.05, 3.63) is 79.5 Å².